The highest BCUT2D eigenvalue weighted by molar-refractivity contribution is 6.16. The van der Waals surface area contributed by atoms with Gasteiger partial charge in [-0.05, 0) is 48.4 Å². The number of aliphatic hydroxyl groups is 1. The van der Waals surface area contributed by atoms with Gasteiger partial charge in [0.05, 0.1) is 31.9 Å². The lowest BCUT2D eigenvalue weighted by molar-refractivity contribution is -0.129. The van der Waals surface area contributed by atoms with Gasteiger partial charge in [-0.2, -0.15) is 0 Å². The van der Waals surface area contributed by atoms with Crippen molar-refractivity contribution in [2.45, 2.75) is 12.5 Å². The van der Waals surface area contributed by atoms with E-state index < -0.39 is 29.3 Å². The fourth-order valence-corrected chi connectivity index (χ4v) is 4.32. The molecule has 0 bridgehead atoms. The molecule has 1 fully saturated rings. The van der Waals surface area contributed by atoms with Gasteiger partial charge >= 0.3 is 0 Å². The maximum Gasteiger partial charge on any atom is 0.290 e. The maximum atomic E-state index is 13.4. The Bertz CT molecular complexity index is 1050. The highest BCUT2D eigenvalue weighted by atomic mass is 19.1. The first-order valence-electron chi connectivity index (χ1n) is 11.0. The zero-order valence-electron chi connectivity index (χ0n) is 18.5. The van der Waals surface area contributed by atoms with Crippen LogP contribution in [-0.2, 0) is 9.53 Å². The Morgan fingerprint density at radius 3 is 2.58 bits per heavy atom. The maximum absolute atomic E-state index is 13.4. The summed E-state index contributed by atoms with van der Waals surface area (Å²) >= 11 is 0. The Morgan fingerprint density at radius 2 is 1.88 bits per heavy atom. The normalized spacial score (nSPS) is 19.3. The van der Waals surface area contributed by atoms with Gasteiger partial charge in [0.15, 0.2) is 11.5 Å². The number of amides is 1. The zero-order valence-corrected chi connectivity index (χ0v) is 18.5. The highest BCUT2D eigenvalue weighted by Gasteiger charge is 2.43. The number of benzene rings is 2. The van der Waals surface area contributed by atoms with Gasteiger partial charge in [0.1, 0.15) is 11.6 Å². The number of carbonyl (C=O) groups is 2. The van der Waals surface area contributed by atoms with Crippen LogP contribution in [0.5, 0.6) is 5.75 Å². The number of halogens is 1. The molecule has 0 saturated carbocycles. The fraction of sp³-hybridized carbons (Fsp3) is 0.360. The molecule has 2 aromatic rings. The lowest BCUT2D eigenvalue weighted by Gasteiger charge is -2.30. The number of ketones is 1. The average molecular weight is 454 g/mol. The summed E-state index contributed by atoms with van der Waals surface area (Å²) in [6.07, 6.45) is 0.678. The SMILES string of the molecule is COc1cccc(C2C(C(=O)c3ccc(F)cc3)=C(O)C(=O)N2CCCN2CCOCC2)c1. The van der Waals surface area contributed by atoms with Crippen molar-refractivity contribution in [1.82, 2.24) is 9.80 Å². The molecule has 2 aliphatic rings. The molecule has 0 aromatic heterocycles. The molecule has 0 aliphatic carbocycles. The second-order valence-corrected chi connectivity index (χ2v) is 8.08. The molecule has 2 aromatic carbocycles. The highest BCUT2D eigenvalue weighted by Crippen LogP contribution is 2.40. The molecule has 1 N–H and O–H groups in total. The smallest absolute Gasteiger partial charge is 0.290 e. The van der Waals surface area contributed by atoms with Crippen molar-refractivity contribution >= 4 is 11.7 Å². The molecule has 2 heterocycles. The topological polar surface area (TPSA) is 79.3 Å². The van der Waals surface area contributed by atoms with Crippen LogP contribution in [0.1, 0.15) is 28.4 Å². The van der Waals surface area contributed by atoms with Crippen LogP contribution in [0, 0.1) is 5.82 Å². The molecule has 0 spiro atoms. The number of rotatable bonds is 8. The third kappa shape index (κ3) is 4.91. The summed E-state index contributed by atoms with van der Waals surface area (Å²) in [4.78, 5) is 30.2. The molecule has 2 aliphatic heterocycles. The van der Waals surface area contributed by atoms with Crippen LogP contribution in [0.15, 0.2) is 59.9 Å². The molecular formula is C25H27FN2O5. The van der Waals surface area contributed by atoms with Crippen molar-refractivity contribution in [3.8, 4) is 5.75 Å². The number of carbonyl (C=O) groups excluding carboxylic acids is 2. The van der Waals surface area contributed by atoms with Crippen LogP contribution < -0.4 is 4.74 Å². The van der Waals surface area contributed by atoms with Crippen molar-refractivity contribution in [3.05, 3.63) is 76.8 Å². The van der Waals surface area contributed by atoms with Crippen LogP contribution >= 0.6 is 0 Å². The molecule has 1 unspecified atom stereocenters. The number of Topliss-reactive ketones (excluding diaryl/α,β-unsaturated/α-hetero) is 1. The van der Waals surface area contributed by atoms with Crippen molar-refractivity contribution in [1.29, 1.82) is 0 Å². The van der Waals surface area contributed by atoms with E-state index in [0.717, 1.165) is 19.6 Å². The third-order valence-electron chi connectivity index (χ3n) is 6.04. The summed E-state index contributed by atoms with van der Waals surface area (Å²) in [7, 11) is 1.54. The third-order valence-corrected chi connectivity index (χ3v) is 6.04. The first-order chi connectivity index (χ1) is 16.0. The van der Waals surface area contributed by atoms with Crippen LogP contribution in [0.4, 0.5) is 4.39 Å². The predicted molar refractivity (Wildman–Crippen MR) is 120 cm³/mol. The molecule has 8 heteroatoms. The Morgan fingerprint density at radius 1 is 1.15 bits per heavy atom. The number of ether oxygens (including phenoxy) is 2. The molecular weight excluding hydrogens is 427 g/mol. The summed E-state index contributed by atoms with van der Waals surface area (Å²) in [5.74, 6) is -1.56. The minimum absolute atomic E-state index is 0.00812. The van der Waals surface area contributed by atoms with E-state index in [9.17, 15) is 19.1 Å². The molecule has 4 rings (SSSR count). The van der Waals surface area contributed by atoms with E-state index in [1.165, 1.54) is 36.3 Å². The van der Waals surface area contributed by atoms with E-state index in [4.69, 9.17) is 9.47 Å². The minimum atomic E-state index is -0.769. The number of hydrogen-bond donors (Lipinski definition) is 1. The molecule has 1 saturated heterocycles. The van der Waals surface area contributed by atoms with Gasteiger partial charge in [0.25, 0.3) is 5.91 Å². The Balaban J connectivity index is 1.63. The fourth-order valence-electron chi connectivity index (χ4n) is 4.32. The van der Waals surface area contributed by atoms with E-state index in [0.29, 0.717) is 37.5 Å². The molecule has 1 amide bonds. The summed E-state index contributed by atoms with van der Waals surface area (Å²) in [5.41, 5.74) is 0.851. The number of nitrogens with zero attached hydrogens (tertiary/aromatic N) is 2. The van der Waals surface area contributed by atoms with E-state index in [-0.39, 0.29) is 11.1 Å². The predicted octanol–water partition coefficient (Wildman–Crippen LogP) is 3.13. The van der Waals surface area contributed by atoms with Crippen molar-refractivity contribution in [3.63, 3.8) is 0 Å². The second kappa shape index (κ2) is 10.1. The summed E-state index contributed by atoms with van der Waals surface area (Å²) < 4.78 is 24.1. The number of hydrogen-bond acceptors (Lipinski definition) is 6. The van der Waals surface area contributed by atoms with Crippen molar-refractivity contribution in [2.24, 2.45) is 0 Å². The summed E-state index contributed by atoms with van der Waals surface area (Å²) in [6, 6.07) is 11.4. The average Bonchev–Trinajstić information content (AvgIpc) is 3.10. The van der Waals surface area contributed by atoms with Crippen LogP contribution in [0.2, 0.25) is 0 Å². The van der Waals surface area contributed by atoms with E-state index >= 15 is 0 Å². The van der Waals surface area contributed by atoms with Crippen molar-refractivity contribution in [2.75, 3.05) is 46.5 Å². The largest absolute Gasteiger partial charge is 0.503 e. The Kier molecular flexibility index (Phi) is 7.05. The van der Waals surface area contributed by atoms with Gasteiger partial charge in [0, 0.05) is 31.7 Å². The lowest BCUT2D eigenvalue weighted by atomic mass is 9.92. The summed E-state index contributed by atoms with van der Waals surface area (Å²) in [6.45, 7) is 4.19. The Hall–Kier alpha value is -3.23. The number of aliphatic hydroxyl groups excluding tert-OH is 1. The molecule has 174 valence electrons. The molecule has 33 heavy (non-hydrogen) atoms. The first kappa shape index (κ1) is 22.9. The molecule has 0 radical (unpaired) electrons. The van der Waals surface area contributed by atoms with Gasteiger partial charge in [-0.15, -0.1) is 0 Å². The van der Waals surface area contributed by atoms with Crippen LogP contribution in [0.3, 0.4) is 0 Å². The van der Waals surface area contributed by atoms with E-state index in [2.05, 4.69) is 4.90 Å². The van der Waals surface area contributed by atoms with Gasteiger partial charge in [-0.3, -0.25) is 14.5 Å². The molecule has 1 atom stereocenters. The second-order valence-electron chi connectivity index (χ2n) is 8.08. The quantitative estimate of drug-likeness (QED) is 0.618. The van der Waals surface area contributed by atoms with Gasteiger partial charge in [-0.25, -0.2) is 4.39 Å². The van der Waals surface area contributed by atoms with Crippen LogP contribution in [0.25, 0.3) is 0 Å². The lowest BCUT2D eigenvalue weighted by Crippen LogP contribution is -2.39. The van der Waals surface area contributed by atoms with Gasteiger partial charge in [-0.1, -0.05) is 12.1 Å². The minimum Gasteiger partial charge on any atom is -0.503 e. The monoisotopic (exact) mass is 454 g/mol. The zero-order chi connectivity index (χ0) is 23.4. The standard InChI is InChI=1S/C25H27FN2O5/c1-32-20-5-2-4-18(16-20)22-21(23(29)17-6-8-19(26)9-7-17)24(30)25(31)28(22)11-3-10-27-12-14-33-15-13-27/h2,4-9,16,22,30H,3,10-15H2,1H3. The van der Waals surface area contributed by atoms with Gasteiger partial charge < -0.3 is 19.5 Å². The molecule has 7 nitrogen and oxygen atoms in total. The Labute approximate surface area is 192 Å². The van der Waals surface area contributed by atoms with Gasteiger partial charge in [0.2, 0.25) is 0 Å². The van der Waals surface area contributed by atoms with E-state index in [1.54, 1.807) is 24.3 Å². The summed E-state index contributed by atoms with van der Waals surface area (Å²) in [5, 5.41) is 10.8. The van der Waals surface area contributed by atoms with Crippen LogP contribution in [-0.4, -0.2) is 73.1 Å². The number of morpholine rings is 1. The van der Waals surface area contributed by atoms with Crippen molar-refractivity contribution < 1.29 is 28.6 Å². The van der Waals surface area contributed by atoms with E-state index in [1.807, 2.05) is 0 Å². The number of methoxy groups -OCH3 is 1. The first-order valence-corrected chi connectivity index (χ1v) is 11.0.